The molecule has 0 fully saturated rings. The molecule has 0 radical (unpaired) electrons. The van der Waals surface area contributed by atoms with E-state index in [9.17, 15) is 0 Å². The first-order chi connectivity index (χ1) is 9.69. The highest BCUT2D eigenvalue weighted by Crippen LogP contribution is 2.30. The molecule has 6 heteroatoms. The molecule has 2 rings (SSSR count). The predicted octanol–water partition coefficient (Wildman–Crippen LogP) is 4.18. The molecule has 0 unspecified atom stereocenters. The molecule has 1 aromatic heterocycles. The first-order valence-electron chi connectivity index (χ1n) is 6.33. The second-order valence-corrected chi connectivity index (χ2v) is 5.52. The van der Waals surface area contributed by atoms with Crippen molar-refractivity contribution < 1.29 is 4.74 Å². The second-order valence-electron chi connectivity index (χ2n) is 4.20. The van der Waals surface area contributed by atoms with E-state index >= 15 is 0 Å². The van der Waals surface area contributed by atoms with Gasteiger partial charge < -0.3 is 10.1 Å². The van der Waals surface area contributed by atoms with Gasteiger partial charge in [-0.25, -0.2) is 4.98 Å². The van der Waals surface area contributed by atoms with E-state index in [0.29, 0.717) is 23.2 Å². The minimum absolute atomic E-state index is 0.421. The minimum atomic E-state index is 0.421. The van der Waals surface area contributed by atoms with E-state index in [2.05, 4.69) is 38.1 Å². The smallest absolute Gasteiger partial charge is 0.237 e. The topological polar surface area (TPSA) is 47.0 Å². The molecule has 0 aliphatic heterocycles. The fourth-order valence-electron chi connectivity index (χ4n) is 1.55. The third kappa shape index (κ3) is 4.44. The summed E-state index contributed by atoms with van der Waals surface area (Å²) >= 11 is 9.43. The van der Waals surface area contributed by atoms with E-state index in [4.69, 9.17) is 16.3 Å². The molecule has 0 aliphatic carbocycles. The lowest BCUT2D eigenvalue weighted by atomic mass is 10.3. The molecule has 0 bridgehead atoms. The molecule has 0 atom stereocenters. The first kappa shape index (κ1) is 15.2. The summed E-state index contributed by atoms with van der Waals surface area (Å²) in [6, 6.07) is 5.40. The van der Waals surface area contributed by atoms with E-state index in [1.165, 1.54) is 0 Å². The van der Waals surface area contributed by atoms with Crippen LogP contribution in [0.4, 0.5) is 0 Å². The zero-order chi connectivity index (χ0) is 14.4. The van der Waals surface area contributed by atoms with Crippen LogP contribution >= 0.6 is 27.5 Å². The Morgan fingerprint density at radius 2 is 2.15 bits per heavy atom. The normalized spacial score (nSPS) is 10.6. The summed E-state index contributed by atoms with van der Waals surface area (Å²) in [6.45, 7) is 3.80. The maximum Gasteiger partial charge on any atom is 0.237 e. The van der Waals surface area contributed by atoms with Crippen molar-refractivity contribution in [2.24, 2.45) is 0 Å². The molecule has 0 aliphatic rings. The highest BCUT2D eigenvalue weighted by Gasteiger charge is 2.05. The summed E-state index contributed by atoms with van der Waals surface area (Å²) in [5, 5.41) is 3.80. The van der Waals surface area contributed by atoms with Crippen LogP contribution in [0.15, 0.2) is 35.1 Å². The van der Waals surface area contributed by atoms with Crippen molar-refractivity contribution in [3.05, 3.63) is 45.8 Å². The van der Waals surface area contributed by atoms with Gasteiger partial charge in [-0.3, -0.25) is 4.98 Å². The molecule has 0 saturated heterocycles. The number of hydrogen-bond donors (Lipinski definition) is 1. The molecule has 2 aromatic rings. The average Bonchev–Trinajstić information content (AvgIpc) is 2.45. The van der Waals surface area contributed by atoms with Crippen LogP contribution < -0.4 is 10.1 Å². The molecule has 1 N–H and O–H groups in total. The summed E-state index contributed by atoms with van der Waals surface area (Å²) in [4.78, 5) is 8.52. The van der Waals surface area contributed by atoms with Crippen molar-refractivity contribution in [2.45, 2.75) is 19.9 Å². The number of benzene rings is 1. The number of nitrogens with zero attached hydrogens (tertiary/aromatic N) is 2. The van der Waals surface area contributed by atoms with E-state index in [-0.39, 0.29) is 0 Å². The number of halogens is 2. The van der Waals surface area contributed by atoms with Crippen LogP contribution in [0.5, 0.6) is 11.6 Å². The van der Waals surface area contributed by atoms with Gasteiger partial charge in [-0.05, 0) is 31.2 Å². The van der Waals surface area contributed by atoms with Gasteiger partial charge in [0.15, 0.2) is 0 Å². The molecule has 0 spiro atoms. The number of rotatable bonds is 6. The van der Waals surface area contributed by atoms with Gasteiger partial charge in [-0.1, -0.05) is 34.5 Å². The standard InChI is InChI=1S/C14H15BrClN3O/c1-2-5-17-7-11-8-19-14(9-18-11)20-13-6-10(15)3-4-12(13)16/h3-4,6,8-9,17H,2,5,7H2,1H3. The van der Waals surface area contributed by atoms with Crippen molar-refractivity contribution in [1.82, 2.24) is 15.3 Å². The molecule has 0 amide bonds. The average molecular weight is 357 g/mol. The Labute approximate surface area is 131 Å². The lowest BCUT2D eigenvalue weighted by Crippen LogP contribution is -2.14. The van der Waals surface area contributed by atoms with Gasteiger partial charge in [-0.2, -0.15) is 0 Å². The van der Waals surface area contributed by atoms with Crippen LogP contribution in [-0.2, 0) is 6.54 Å². The van der Waals surface area contributed by atoms with E-state index < -0.39 is 0 Å². The van der Waals surface area contributed by atoms with Gasteiger partial charge in [0, 0.05) is 11.0 Å². The van der Waals surface area contributed by atoms with E-state index in [1.807, 2.05) is 6.07 Å². The van der Waals surface area contributed by atoms with Gasteiger partial charge in [0.05, 0.1) is 23.1 Å². The van der Waals surface area contributed by atoms with Crippen LogP contribution in [-0.4, -0.2) is 16.5 Å². The summed E-state index contributed by atoms with van der Waals surface area (Å²) in [5.41, 5.74) is 0.881. The fraction of sp³-hybridized carbons (Fsp3) is 0.286. The van der Waals surface area contributed by atoms with Crippen molar-refractivity contribution >= 4 is 27.5 Å². The Morgan fingerprint density at radius 3 is 2.85 bits per heavy atom. The Morgan fingerprint density at radius 1 is 1.30 bits per heavy atom. The van der Waals surface area contributed by atoms with Crippen LogP contribution in [0.3, 0.4) is 0 Å². The van der Waals surface area contributed by atoms with E-state index in [0.717, 1.165) is 23.1 Å². The molecular formula is C14H15BrClN3O. The predicted molar refractivity (Wildman–Crippen MR) is 83.3 cm³/mol. The lowest BCUT2D eigenvalue weighted by Gasteiger charge is -2.07. The minimum Gasteiger partial charge on any atom is -0.436 e. The quantitative estimate of drug-likeness (QED) is 0.789. The number of ether oxygens (including phenoxy) is 1. The molecule has 1 aromatic carbocycles. The number of aromatic nitrogens is 2. The van der Waals surface area contributed by atoms with Crippen molar-refractivity contribution in [3.8, 4) is 11.6 Å². The van der Waals surface area contributed by atoms with Gasteiger partial charge in [0.2, 0.25) is 5.88 Å². The summed E-state index contributed by atoms with van der Waals surface area (Å²) < 4.78 is 6.51. The Kier molecular flexibility index (Phi) is 5.76. The first-order valence-corrected chi connectivity index (χ1v) is 7.50. The van der Waals surface area contributed by atoms with Crippen LogP contribution in [0.1, 0.15) is 19.0 Å². The van der Waals surface area contributed by atoms with Gasteiger partial charge >= 0.3 is 0 Å². The maximum atomic E-state index is 6.06. The Balaban J connectivity index is 2.01. The molecule has 106 valence electrons. The zero-order valence-corrected chi connectivity index (χ0v) is 13.4. The Hall–Kier alpha value is -1.17. The van der Waals surface area contributed by atoms with Crippen LogP contribution in [0, 0.1) is 0 Å². The fourth-order valence-corrected chi connectivity index (χ4v) is 2.04. The van der Waals surface area contributed by atoms with Crippen LogP contribution in [0.2, 0.25) is 5.02 Å². The summed E-state index contributed by atoms with van der Waals surface area (Å²) in [6.07, 6.45) is 4.39. The largest absolute Gasteiger partial charge is 0.436 e. The third-order valence-corrected chi connectivity index (χ3v) is 3.33. The molecular weight excluding hydrogens is 342 g/mol. The number of nitrogens with one attached hydrogen (secondary N) is 1. The highest BCUT2D eigenvalue weighted by molar-refractivity contribution is 9.10. The zero-order valence-electron chi connectivity index (χ0n) is 11.1. The summed E-state index contributed by atoms with van der Waals surface area (Å²) in [5.74, 6) is 0.969. The lowest BCUT2D eigenvalue weighted by molar-refractivity contribution is 0.458. The van der Waals surface area contributed by atoms with Crippen molar-refractivity contribution in [2.75, 3.05) is 6.54 Å². The molecule has 4 nitrogen and oxygen atoms in total. The van der Waals surface area contributed by atoms with Gasteiger partial charge in [-0.15, -0.1) is 0 Å². The van der Waals surface area contributed by atoms with E-state index in [1.54, 1.807) is 24.5 Å². The highest BCUT2D eigenvalue weighted by atomic mass is 79.9. The molecule has 1 heterocycles. The number of hydrogen-bond acceptors (Lipinski definition) is 4. The SMILES string of the molecule is CCCNCc1cnc(Oc2cc(Br)ccc2Cl)cn1. The Bertz CT molecular complexity index is 563. The summed E-state index contributed by atoms with van der Waals surface area (Å²) in [7, 11) is 0. The molecule has 0 saturated carbocycles. The monoisotopic (exact) mass is 355 g/mol. The van der Waals surface area contributed by atoms with Crippen molar-refractivity contribution in [3.63, 3.8) is 0 Å². The maximum absolute atomic E-state index is 6.06. The molecule has 20 heavy (non-hydrogen) atoms. The van der Waals surface area contributed by atoms with Crippen molar-refractivity contribution in [1.29, 1.82) is 0 Å². The third-order valence-electron chi connectivity index (χ3n) is 2.52. The van der Waals surface area contributed by atoms with Gasteiger partial charge in [0.1, 0.15) is 5.75 Å². The van der Waals surface area contributed by atoms with Gasteiger partial charge in [0.25, 0.3) is 0 Å². The second kappa shape index (κ2) is 7.57. The van der Waals surface area contributed by atoms with Crippen LogP contribution in [0.25, 0.3) is 0 Å².